The van der Waals surface area contributed by atoms with Gasteiger partial charge in [-0.25, -0.2) is 12.8 Å². The normalized spacial score (nSPS) is 13.2. The Morgan fingerprint density at radius 2 is 2.15 bits per heavy atom. The van der Waals surface area contributed by atoms with Gasteiger partial charge in [0.05, 0.1) is 0 Å². The second-order valence-electron chi connectivity index (χ2n) is 4.23. The predicted octanol–water partition coefficient (Wildman–Crippen LogP) is 0.902. The van der Waals surface area contributed by atoms with Gasteiger partial charge in [0.15, 0.2) is 0 Å². The molecular weight excluding hydrogens is 289 g/mol. The van der Waals surface area contributed by atoms with E-state index in [9.17, 15) is 17.6 Å². The first-order chi connectivity index (χ1) is 9.27. The van der Waals surface area contributed by atoms with Crippen LogP contribution in [0, 0.1) is 12.7 Å². The molecule has 0 saturated carbocycles. The molecule has 1 aromatic carbocycles. The Labute approximate surface area is 116 Å². The standard InChI is InChI=1S/C12H16FNO5S/c1-8-3-4-9(13)11(7-8)20(17,18)14-10(12(15)16)5-6-19-2/h3-4,7,10,14H,5-6H2,1-2H3,(H,15,16). The van der Waals surface area contributed by atoms with Crippen molar-refractivity contribution in [2.24, 2.45) is 0 Å². The van der Waals surface area contributed by atoms with E-state index in [-0.39, 0.29) is 13.0 Å². The highest BCUT2D eigenvalue weighted by atomic mass is 32.2. The first-order valence-corrected chi connectivity index (χ1v) is 7.26. The van der Waals surface area contributed by atoms with Crippen molar-refractivity contribution in [3.05, 3.63) is 29.6 Å². The quantitative estimate of drug-likeness (QED) is 0.781. The minimum absolute atomic E-state index is 0.0570. The molecule has 0 saturated heterocycles. The van der Waals surface area contributed by atoms with Gasteiger partial charge >= 0.3 is 5.97 Å². The summed E-state index contributed by atoms with van der Waals surface area (Å²) in [6.45, 7) is 1.67. The summed E-state index contributed by atoms with van der Waals surface area (Å²) in [4.78, 5) is 10.4. The molecule has 0 aromatic heterocycles. The van der Waals surface area contributed by atoms with Gasteiger partial charge in [-0.1, -0.05) is 6.07 Å². The second-order valence-corrected chi connectivity index (χ2v) is 5.91. The monoisotopic (exact) mass is 305 g/mol. The van der Waals surface area contributed by atoms with Crippen molar-refractivity contribution in [3.63, 3.8) is 0 Å². The van der Waals surface area contributed by atoms with Crippen LogP contribution in [0.15, 0.2) is 23.1 Å². The molecule has 0 aliphatic rings. The molecule has 1 rings (SSSR count). The molecule has 0 spiro atoms. The number of hydrogen-bond donors (Lipinski definition) is 2. The molecule has 8 heteroatoms. The number of sulfonamides is 1. The van der Waals surface area contributed by atoms with Gasteiger partial charge in [-0.05, 0) is 31.0 Å². The third-order valence-electron chi connectivity index (χ3n) is 2.58. The second kappa shape index (κ2) is 6.78. The summed E-state index contributed by atoms with van der Waals surface area (Å²) in [5.41, 5.74) is 0.551. The highest BCUT2D eigenvalue weighted by molar-refractivity contribution is 7.89. The Kier molecular flexibility index (Phi) is 5.61. The van der Waals surface area contributed by atoms with Crippen molar-refractivity contribution in [1.82, 2.24) is 4.72 Å². The number of aliphatic carboxylic acids is 1. The number of nitrogens with one attached hydrogen (secondary N) is 1. The molecule has 0 bridgehead atoms. The number of carbonyl (C=O) groups is 1. The fourth-order valence-electron chi connectivity index (χ4n) is 1.54. The van der Waals surface area contributed by atoms with E-state index in [0.29, 0.717) is 5.56 Å². The minimum Gasteiger partial charge on any atom is -0.480 e. The van der Waals surface area contributed by atoms with E-state index in [2.05, 4.69) is 0 Å². The average molecular weight is 305 g/mol. The zero-order valence-electron chi connectivity index (χ0n) is 11.1. The molecule has 0 aliphatic heterocycles. The van der Waals surface area contributed by atoms with E-state index in [4.69, 9.17) is 9.84 Å². The van der Waals surface area contributed by atoms with Gasteiger partial charge in [0, 0.05) is 13.7 Å². The Bertz CT molecular complexity index is 588. The average Bonchev–Trinajstić information content (AvgIpc) is 2.36. The maximum Gasteiger partial charge on any atom is 0.321 e. The fourth-order valence-corrected chi connectivity index (χ4v) is 2.92. The van der Waals surface area contributed by atoms with Crippen LogP contribution in [0.4, 0.5) is 4.39 Å². The van der Waals surface area contributed by atoms with Crippen LogP contribution in [-0.4, -0.2) is 39.3 Å². The summed E-state index contributed by atoms with van der Waals surface area (Å²) in [7, 11) is -2.88. The van der Waals surface area contributed by atoms with Crippen molar-refractivity contribution < 1.29 is 27.4 Å². The van der Waals surface area contributed by atoms with Crippen molar-refractivity contribution in [2.45, 2.75) is 24.3 Å². The number of benzene rings is 1. The number of ether oxygens (including phenoxy) is 1. The molecule has 6 nitrogen and oxygen atoms in total. The van der Waals surface area contributed by atoms with Gasteiger partial charge in [-0.3, -0.25) is 4.79 Å². The van der Waals surface area contributed by atoms with Crippen LogP contribution in [0.25, 0.3) is 0 Å². The maximum absolute atomic E-state index is 13.6. The van der Waals surface area contributed by atoms with Crippen molar-refractivity contribution >= 4 is 16.0 Å². The topological polar surface area (TPSA) is 92.7 Å². The van der Waals surface area contributed by atoms with Gasteiger partial charge in [0.2, 0.25) is 10.0 Å². The third-order valence-corrected chi connectivity index (χ3v) is 4.07. The van der Waals surface area contributed by atoms with E-state index in [1.165, 1.54) is 13.2 Å². The smallest absolute Gasteiger partial charge is 0.321 e. The van der Waals surface area contributed by atoms with Crippen molar-refractivity contribution in [1.29, 1.82) is 0 Å². The molecule has 0 heterocycles. The van der Waals surface area contributed by atoms with E-state index < -0.39 is 32.7 Å². The van der Waals surface area contributed by atoms with E-state index in [1.54, 1.807) is 6.92 Å². The molecule has 0 radical (unpaired) electrons. The number of halogens is 1. The van der Waals surface area contributed by atoms with Crippen LogP contribution in [-0.2, 0) is 19.6 Å². The predicted molar refractivity (Wildman–Crippen MR) is 69.4 cm³/mol. The van der Waals surface area contributed by atoms with Gasteiger partial charge in [0.25, 0.3) is 0 Å². The van der Waals surface area contributed by atoms with Crippen LogP contribution in [0.2, 0.25) is 0 Å². The van der Waals surface area contributed by atoms with Crippen LogP contribution in [0.1, 0.15) is 12.0 Å². The Morgan fingerprint density at radius 3 is 2.70 bits per heavy atom. The Morgan fingerprint density at radius 1 is 1.50 bits per heavy atom. The maximum atomic E-state index is 13.6. The fraction of sp³-hybridized carbons (Fsp3) is 0.417. The number of aryl methyl sites for hydroxylation is 1. The molecule has 0 fully saturated rings. The lowest BCUT2D eigenvalue weighted by atomic mass is 10.2. The van der Waals surface area contributed by atoms with E-state index in [1.807, 2.05) is 4.72 Å². The number of carboxylic acid groups (broad SMARTS) is 1. The third kappa shape index (κ3) is 4.26. The van der Waals surface area contributed by atoms with Crippen LogP contribution < -0.4 is 4.72 Å². The molecule has 20 heavy (non-hydrogen) atoms. The SMILES string of the molecule is COCCC(NS(=O)(=O)c1cc(C)ccc1F)C(=O)O. The number of methoxy groups -OCH3 is 1. The molecular formula is C12H16FNO5S. The highest BCUT2D eigenvalue weighted by Crippen LogP contribution is 2.16. The lowest BCUT2D eigenvalue weighted by molar-refractivity contribution is -0.139. The Balaban J connectivity index is 3.03. The van der Waals surface area contributed by atoms with Crippen molar-refractivity contribution in [3.8, 4) is 0 Å². The lowest BCUT2D eigenvalue weighted by Crippen LogP contribution is -2.41. The zero-order chi connectivity index (χ0) is 15.3. The number of rotatable bonds is 7. The molecule has 0 amide bonds. The summed E-state index contributed by atoms with van der Waals surface area (Å²) in [6, 6.07) is 2.22. The van der Waals surface area contributed by atoms with Crippen LogP contribution in [0.3, 0.4) is 0 Å². The Hall–Kier alpha value is -1.51. The molecule has 112 valence electrons. The van der Waals surface area contributed by atoms with Gasteiger partial charge in [0.1, 0.15) is 16.8 Å². The summed E-state index contributed by atoms with van der Waals surface area (Å²) in [5.74, 6) is -2.28. The first-order valence-electron chi connectivity index (χ1n) is 5.78. The van der Waals surface area contributed by atoms with Gasteiger partial charge in [-0.2, -0.15) is 4.72 Å². The number of hydrogen-bond acceptors (Lipinski definition) is 4. The van der Waals surface area contributed by atoms with Gasteiger partial charge < -0.3 is 9.84 Å². The minimum atomic E-state index is -4.25. The van der Waals surface area contributed by atoms with E-state index >= 15 is 0 Å². The summed E-state index contributed by atoms with van der Waals surface area (Å²) >= 11 is 0. The van der Waals surface area contributed by atoms with Crippen LogP contribution >= 0.6 is 0 Å². The van der Waals surface area contributed by atoms with Gasteiger partial charge in [-0.15, -0.1) is 0 Å². The largest absolute Gasteiger partial charge is 0.480 e. The summed E-state index contributed by atoms with van der Waals surface area (Å²) in [5, 5.41) is 8.96. The first kappa shape index (κ1) is 16.5. The van der Waals surface area contributed by atoms with Crippen LogP contribution in [0.5, 0.6) is 0 Å². The summed E-state index contributed by atoms with van der Waals surface area (Å²) in [6.07, 6.45) is -0.0570. The van der Waals surface area contributed by atoms with Crippen molar-refractivity contribution in [2.75, 3.05) is 13.7 Å². The number of carboxylic acids is 1. The molecule has 0 aliphatic carbocycles. The lowest BCUT2D eigenvalue weighted by Gasteiger charge is -2.15. The molecule has 1 unspecified atom stereocenters. The molecule has 1 aromatic rings. The summed E-state index contributed by atoms with van der Waals surface area (Å²) < 4.78 is 44.3. The van der Waals surface area contributed by atoms with E-state index in [0.717, 1.165) is 12.1 Å². The molecule has 2 N–H and O–H groups in total. The zero-order valence-corrected chi connectivity index (χ0v) is 11.9. The highest BCUT2D eigenvalue weighted by Gasteiger charge is 2.27. The molecule has 1 atom stereocenters.